The summed E-state index contributed by atoms with van der Waals surface area (Å²) in [4.78, 5) is 0. The van der Waals surface area contributed by atoms with Crippen LogP contribution >= 0.6 is 0 Å². The van der Waals surface area contributed by atoms with Crippen molar-refractivity contribution in [1.82, 2.24) is 0 Å². The lowest BCUT2D eigenvalue weighted by atomic mass is 9.82. The highest BCUT2D eigenvalue weighted by Crippen LogP contribution is 2.35. The van der Waals surface area contributed by atoms with Crippen molar-refractivity contribution in [2.24, 2.45) is 5.92 Å². The van der Waals surface area contributed by atoms with E-state index in [2.05, 4.69) is 62.5 Å². The molecule has 0 unspecified atom stereocenters. The Morgan fingerprint density at radius 2 is 1.58 bits per heavy atom. The average Bonchev–Trinajstić information content (AvgIpc) is 2.61. The molecular weight excluding hydrogens is 312 g/mol. The maximum absolute atomic E-state index is 10.9. The van der Waals surface area contributed by atoms with E-state index in [1.807, 2.05) is 18.2 Å². The summed E-state index contributed by atoms with van der Waals surface area (Å²) in [6, 6.07) is 22.1. The van der Waals surface area contributed by atoms with E-state index < -0.39 is 8.07 Å². The summed E-state index contributed by atoms with van der Waals surface area (Å²) < 4.78 is 6.26. The van der Waals surface area contributed by atoms with E-state index in [1.165, 1.54) is 10.8 Å². The first kappa shape index (κ1) is 17.4. The van der Waals surface area contributed by atoms with Crippen LogP contribution in [0.3, 0.4) is 0 Å². The van der Waals surface area contributed by atoms with E-state index in [0.29, 0.717) is 6.61 Å². The van der Waals surface area contributed by atoms with Crippen LogP contribution in [0.2, 0.25) is 19.1 Å². The molecule has 0 bridgehead atoms. The van der Waals surface area contributed by atoms with E-state index in [0.717, 1.165) is 6.04 Å². The molecule has 1 N–H and O–H groups in total. The van der Waals surface area contributed by atoms with Crippen LogP contribution in [0.1, 0.15) is 18.4 Å². The minimum Gasteiger partial charge on any atom is -0.392 e. The molecule has 1 heterocycles. The summed E-state index contributed by atoms with van der Waals surface area (Å²) in [6.45, 7) is 7.54. The zero-order valence-electron chi connectivity index (χ0n) is 14.9. The summed E-state index contributed by atoms with van der Waals surface area (Å²) in [5.74, 6) is 0.235. The number of hydrogen-bond donors (Lipinski definition) is 1. The van der Waals surface area contributed by atoms with E-state index in [4.69, 9.17) is 4.74 Å². The minimum atomic E-state index is -1.58. The number of ether oxygens (including phenoxy) is 1. The van der Waals surface area contributed by atoms with Gasteiger partial charge in [-0.3, -0.25) is 0 Å². The van der Waals surface area contributed by atoms with Gasteiger partial charge in [0, 0.05) is 11.8 Å². The fourth-order valence-corrected chi connectivity index (χ4v) is 6.64. The second-order valence-electron chi connectivity index (χ2n) is 7.69. The lowest BCUT2D eigenvalue weighted by Gasteiger charge is -2.41. The molecule has 0 radical (unpaired) electrons. The van der Waals surface area contributed by atoms with Crippen LogP contribution in [0.4, 0.5) is 0 Å². The summed E-state index contributed by atoms with van der Waals surface area (Å²) in [5.41, 5.74) is 1.18. The molecular formula is C21H28O2Si. The van der Waals surface area contributed by atoms with E-state index >= 15 is 0 Å². The fourth-order valence-electron chi connectivity index (χ4n) is 3.81. The second kappa shape index (κ2) is 7.22. The monoisotopic (exact) mass is 340 g/mol. The predicted molar refractivity (Wildman–Crippen MR) is 102 cm³/mol. The Balaban J connectivity index is 1.71. The smallest absolute Gasteiger partial charge is 0.0831 e. The Kier molecular flexibility index (Phi) is 5.23. The zero-order valence-corrected chi connectivity index (χ0v) is 15.9. The first-order valence-electron chi connectivity index (χ1n) is 8.89. The molecule has 1 fully saturated rings. The third kappa shape index (κ3) is 3.64. The third-order valence-corrected chi connectivity index (χ3v) is 8.84. The molecule has 3 heteroatoms. The van der Waals surface area contributed by atoms with Crippen LogP contribution in [0.5, 0.6) is 0 Å². The van der Waals surface area contributed by atoms with Gasteiger partial charge in [0.05, 0.1) is 26.9 Å². The van der Waals surface area contributed by atoms with Crippen molar-refractivity contribution in [2.75, 3.05) is 6.61 Å². The Morgan fingerprint density at radius 3 is 2.21 bits per heavy atom. The molecule has 0 aliphatic carbocycles. The van der Waals surface area contributed by atoms with Crippen LogP contribution < -0.4 is 5.19 Å². The number of rotatable bonds is 4. The second-order valence-corrected chi connectivity index (χ2v) is 12.4. The summed E-state index contributed by atoms with van der Waals surface area (Å²) >= 11 is 0. The van der Waals surface area contributed by atoms with Gasteiger partial charge in [0.25, 0.3) is 0 Å². The summed E-state index contributed by atoms with van der Waals surface area (Å²) in [5, 5.41) is 12.3. The largest absolute Gasteiger partial charge is 0.392 e. The molecule has 3 rings (SSSR count). The number of aliphatic hydroxyl groups excluding tert-OH is 1. The van der Waals surface area contributed by atoms with Crippen molar-refractivity contribution in [2.45, 2.75) is 44.2 Å². The Morgan fingerprint density at radius 1 is 1.00 bits per heavy atom. The summed E-state index contributed by atoms with van der Waals surface area (Å²) in [7, 11) is -1.58. The van der Waals surface area contributed by atoms with Crippen LogP contribution in [0, 0.1) is 5.92 Å². The lowest BCUT2D eigenvalue weighted by molar-refractivity contribution is -0.0919. The molecule has 1 aliphatic heterocycles. The third-order valence-electron chi connectivity index (χ3n) is 5.52. The highest BCUT2D eigenvalue weighted by molar-refractivity contribution is 6.89. The van der Waals surface area contributed by atoms with E-state index in [-0.39, 0.29) is 24.0 Å². The SMILES string of the molecule is C[C@H]1[C@H](O)[C@H](c2ccccc2)CO[C@@H]1C[Si](C)(C)c1ccccc1. The molecule has 2 aromatic rings. The van der Waals surface area contributed by atoms with Gasteiger partial charge in [-0.2, -0.15) is 0 Å². The van der Waals surface area contributed by atoms with Gasteiger partial charge < -0.3 is 9.84 Å². The van der Waals surface area contributed by atoms with E-state index in [9.17, 15) is 5.11 Å². The minimum absolute atomic E-state index is 0.0824. The maximum atomic E-state index is 10.9. The lowest BCUT2D eigenvalue weighted by Crippen LogP contribution is -2.50. The van der Waals surface area contributed by atoms with Crippen molar-refractivity contribution in [1.29, 1.82) is 0 Å². The molecule has 0 amide bonds. The van der Waals surface area contributed by atoms with Crippen LogP contribution in [0.25, 0.3) is 0 Å². The van der Waals surface area contributed by atoms with Gasteiger partial charge in [0.1, 0.15) is 0 Å². The summed E-state index contributed by atoms with van der Waals surface area (Å²) in [6.07, 6.45) is -0.200. The molecule has 128 valence electrons. The molecule has 24 heavy (non-hydrogen) atoms. The van der Waals surface area contributed by atoms with Crippen molar-refractivity contribution in [3.63, 3.8) is 0 Å². The van der Waals surface area contributed by atoms with Gasteiger partial charge in [-0.05, 0) is 11.6 Å². The van der Waals surface area contributed by atoms with E-state index in [1.54, 1.807) is 0 Å². The Hall–Kier alpha value is -1.42. The Labute approximate surface area is 146 Å². The topological polar surface area (TPSA) is 29.5 Å². The van der Waals surface area contributed by atoms with Crippen molar-refractivity contribution >= 4 is 13.3 Å². The standard InChI is InChI=1S/C21H28O2Si/c1-16-20(15-24(2,3)18-12-8-5-9-13-18)23-14-19(21(16)22)17-10-6-4-7-11-17/h4-13,16,19-22H,14-15H2,1-3H3/t16-,19+,20-,21+/m1/s1. The van der Waals surface area contributed by atoms with Gasteiger partial charge in [0.2, 0.25) is 0 Å². The van der Waals surface area contributed by atoms with Gasteiger partial charge >= 0.3 is 0 Å². The van der Waals surface area contributed by atoms with Crippen molar-refractivity contribution in [3.05, 3.63) is 66.2 Å². The molecule has 1 aliphatic rings. The van der Waals surface area contributed by atoms with Gasteiger partial charge in [-0.25, -0.2) is 0 Å². The van der Waals surface area contributed by atoms with Gasteiger partial charge in [-0.15, -0.1) is 0 Å². The number of benzene rings is 2. The molecule has 0 aromatic heterocycles. The average molecular weight is 341 g/mol. The van der Waals surface area contributed by atoms with Crippen molar-refractivity contribution in [3.8, 4) is 0 Å². The predicted octanol–water partition coefficient (Wildman–Crippen LogP) is 3.78. The number of hydrogen-bond acceptors (Lipinski definition) is 2. The molecule has 1 saturated heterocycles. The first-order valence-corrected chi connectivity index (χ1v) is 12.1. The molecule has 4 atom stereocenters. The van der Waals surface area contributed by atoms with Gasteiger partial charge in [0.15, 0.2) is 0 Å². The quantitative estimate of drug-likeness (QED) is 0.858. The zero-order chi connectivity index (χ0) is 17.2. The Bertz CT molecular complexity index is 641. The highest BCUT2D eigenvalue weighted by atomic mass is 28.3. The van der Waals surface area contributed by atoms with Crippen LogP contribution in [0.15, 0.2) is 60.7 Å². The number of aliphatic hydroxyl groups is 1. The molecule has 0 spiro atoms. The van der Waals surface area contributed by atoms with Crippen LogP contribution in [-0.4, -0.2) is 32.0 Å². The maximum Gasteiger partial charge on any atom is 0.0831 e. The normalized spacial score (nSPS) is 27.8. The van der Waals surface area contributed by atoms with Crippen LogP contribution in [-0.2, 0) is 4.74 Å². The highest BCUT2D eigenvalue weighted by Gasteiger charge is 2.40. The molecule has 2 nitrogen and oxygen atoms in total. The van der Waals surface area contributed by atoms with Gasteiger partial charge in [-0.1, -0.05) is 85.9 Å². The first-order chi connectivity index (χ1) is 11.5. The molecule has 2 aromatic carbocycles. The fraction of sp³-hybridized carbons (Fsp3) is 0.429. The molecule has 0 saturated carbocycles. The van der Waals surface area contributed by atoms with Crippen molar-refractivity contribution < 1.29 is 9.84 Å².